The summed E-state index contributed by atoms with van der Waals surface area (Å²) in [6.07, 6.45) is 1.59. The van der Waals surface area contributed by atoms with Gasteiger partial charge in [0.2, 0.25) is 0 Å². The second kappa shape index (κ2) is 5.74. The van der Waals surface area contributed by atoms with Gasteiger partial charge in [-0.25, -0.2) is 0 Å². The Morgan fingerprint density at radius 2 is 1.80 bits per heavy atom. The summed E-state index contributed by atoms with van der Waals surface area (Å²) >= 11 is 0. The van der Waals surface area contributed by atoms with E-state index in [1.165, 1.54) is 0 Å². The van der Waals surface area contributed by atoms with Crippen LogP contribution in [0.15, 0.2) is 48.7 Å². The molecule has 1 amide bonds. The lowest BCUT2D eigenvalue weighted by molar-refractivity contribution is 0.102. The summed E-state index contributed by atoms with van der Waals surface area (Å²) in [5.41, 5.74) is 0.864. The minimum atomic E-state index is -0.237. The molecule has 0 aliphatic carbocycles. The maximum absolute atomic E-state index is 11.9. The van der Waals surface area contributed by atoms with Gasteiger partial charge in [0, 0.05) is 11.9 Å². The highest BCUT2D eigenvalue weighted by molar-refractivity contribution is 6.02. The molecule has 2 rings (SSSR count). The van der Waals surface area contributed by atoms with E-state index in [-0.39, 0.29) is 11.5 Å². The molecule has 0 atom stereocenters. The second-order valence-corrected chi connectivity index (χ2v) is 5.41. The van der Waals surface area contributed by atoms with Crippen LogP contribution in [0.3, 0.4) is 0 Å². The molecule has 4 nitrogen and oxygen atoms in total. The molecule has 0 saturated heterocycles. The summed E-state index contributed by atoms with van der Waals surface area (Å²) in [6.45, 7) is 5.97. The molecule has 0 aliphatic heterocycles. The summed E-state index contributed by atoms with van der Waals surface area (Å²) in [7, 11) is 0. The summed E-state index contributed by atoms with van der Waals surface area (Å²) in [4.78, 5) is 15.9. The smallest absolute Gasteiger partial charge is 0.274 e. The van der Waals surface area contributed by atoms with Crippen molar-refractivity contribution in [2.75, 3.05) is 5.32 Å². The van der Waals surface area contributed by atoms with Crippen LogP contribution in [-0.4, -0.2) is 16.5 Å². The summed E-state index contributed by atoms with van der Waals surface area (Å²) in [5, 5.41) is 2.79. The van der Waals surface area contributed by atoms with Crippen molar-refractivity contribution in [2.45, 2.75) is 26.4 Å². The Bertz CT molecular complexity index is 572. The summed E-state index contributed by atoms with van der Waals surface area (Å²) in [6, 6.07) is 12.5. The molecule has 4 heteroatoms. The Morgan fingerprint density at radius 1 is 1.10 bits per heavy atom. The zero-order chi connectivity index (χ0) is 14.6. The maximum atomic E-state index is 11.9. The normalized spacial score (nSPS) is 10.9. The number of anilines is 1. The van der Waals surface area contributed by atoms with Crippen LogP contribution in [0.2, 0.25) is 0 Å². The van der Waals surface area contributed by atoms with Gasteiger partial charge in [-0.05, 0) is 57.2 Å². The number of ether oxygens (including phenoxy) is 1. The molecule has 104 valence electrons. The molecule has 1 aromatic heterocycles. The molecule has 0 radical (unpaired) electrons. The lowest BCUT2D eigenvalue weighted by Gasteiger charge is -2.21. The number of carbonyl (C=O) groups is 1. The van der Waals surface area contributed by atoms with Crippen molar-refractivity contribution in [3.8, 4) is 5.75 Å². The number of hydrogen-bond acceptors (Lipinski definition) is 3. The van der Waals surface area contributed by atoms with Crippen molar-refractivity contribution in [2.24, 2.45) is 0 Å². The molecule has 1 aromatic carbocycles. The van der Waals surface area contributed by atoms with E-state index in [9.17, 15) is 4.79 Å². The fourth-order valence-corrected chi connectivity index (χ4v) is 1.65. The SMILES string of the molecule is CC(C)(C)Oc1ccc(NC(=O)c2ccccn2)cc1. The highest BCUT2D eigenvalue weighted by Crippen LogP contribution is 2.20. The fourth-order valence-electron chi connectivity index (χ4n) is 1.65. The van der Waals surface area contributed by atoms with Gasteiger partial charge >= 0.3 is 0 Å². The molecule has 0 spiro atoms. The number of rotatable bonds is 3. The third-order valence-corrected chi connectivity index (χ3v) is 2.43. The zero-order valence-electron chi connectivity index (χ0n) is 11.9. The quantitative estimate of drug-likeness (QED) is 0.928. The lowest BCUT2D eigenvalue weighted by atomic mass is 10.2. The molecule has 0 unspecified atom stereocenters. The Kier molecular flexibility index (Phi) is 4.03. The third kappa shape index (κ3) is 4.09. The van der Waals surface area contributed by atoms with Crippen molar-refractivity contribution in [3.05, 3.63) is 54.4 Å². The minimum absolute atomic E-state index is 0.227. The topological polar surface area (TPSA) is 51.2 Å². The molecule has 0 bridgehead atoms. The van der Waals surface area contributed by atoms with Crippen LogP contribution in [-0.2, 0) is 0 Å². The predicted octanol–water partition coefficient (Wildman–Crippen LogP) is 3.51. The third-order valence-electron chi connectivity index (χ3n) is 2.43. The predicted molar refractivity (Wildman–Crippen MR) is 79.0 cm³/mol. The van der Waals surface area contributed by atoms with E-state index in [1.54, 1.807) is 24.4 Å². The van der Waals surface area contributed by atoms with Gasteiger partial charge in [0.15, 0.2) is 0 Å². The summed E-state index contributed by atoms with van der Waals surface area (Å²) < 4.78 is 5.72. The van der Waals surface area contributed by atoms with Gasteiger partial charge in [-0.15, -0.1) is 0 Å². The number of carbonyl (C=O) groups excluding carboxylic acids is 1. The van der Waals surface area contributed by atoms with Crippen LogP contribution in [0, 0.1) is 0 Å². The lowest BCUT2D eigenvalue weighted by Crippen LogP contribution is -2.22. The minimum Gasteiger partial charge on any atom is -0.488 e. The fraction of sp³-hybridized carbons (Fsp3) is 0.250. The molecular formula is C16H18N2O2. The van der Waals surface area contributed by atoms with E-state index < -0.39 is 0 Å². The van der Waals surface area contributed by atoms with Gasteiger partial charge in [-0.1, -0.05) is 6.07 Å². The average Bonchev–Trinajstić information content (AvgIpc) is 2.40. The Balaban J connectivity index is 2.02. The van der Waals surface area contributed by atoms with Crippen LogP contribution in [0.1, 0.15) is 31.3 Å². The Hall–Kier alpha value is -2.36. The second-order valence-electron chi connectivity index (χ2n) is 5.41. The van der Waals surface area contributed by atoms with Gasteiger partial charge in [0.1, 0.15) is 17.0 Å². The highest BCUT2D eigenvalue weighted by atomic mass is 16.5. The molecule has 0 fully saturated rings. The molecular weight excluding hydrogens is 252 g/mol. The van der Waals surface area contributed by atoms with E-state index in [4.69, 9.17) is 4.74 Å². The molecule has 0 saturated carbocycles. The number of nitrogens with zero attached hydrogens (tertiary/aromatic N) is 1. The van der Waals surface area contributed by atoms with Gasteiger partial charge in [0.05, 0.1) is 0 Å². The first-order chi connectivity index (χ1) is 9.44. The Morgan fingerprint density at radius 3 is 2.35 bits per heavy atom. The molecule has 1 heterocycles. The van der Waals surface area contributed by atoms with Crippen LogP contribution < -0.4 is 10.1 Å². The van der Waals surface area contributed by atoms with Crippen molar-refractivity contribution in [3.63, 3.8) is 0 Å². The average molecular weight is 270 g/mol. The molecule has 20 heavy (non-hydrogen) atoms. The van der Waals surface area contributed by atoms with Crippen molar-refractivity contribution < 1.29 is 9.53 Å². The van der Waals surface area contributed by atoms with E-state index in [0.717, 1.165) is 5.75 Å². The number of amides is 1. The zero-order valence-corrected chi connectivity index (χ0v) is 11.9. The largest absolute Gasteiger partial charge is 0.488 e. The number of aromatic nitrogens is 1. The van der Waals surface area contributed by atoms with Gasteiger partial charge in [-0.2, -0.15) is 0 Å². The molecule has 1 N–H and O–H groups in total. The van der Waals surface area contributed by atoms with Crippen LogP contribution in [0.4, 0.5) is 5.69 Å². The van der Waals surface area contributed by atoms with E-state index in [2.05, 4.69) is 10.3 Å². The maximum Gasteiger partial charge on any atom is 0.274 e. The van der Waals surface area contributed by atoms with Gasteiger partial charge in [-0.3, -0.25) is 9.78 Å². The van der Waals surface area contributed by atoms with Gasteiger partial charge in [0.25, 0.3) is 5.91 Å². The van der Waals surface area contributed by atoms with Crippen LogP contribution in [0.5, 0.6) is 5.75 Å². The van der Waals surface area contributed by atoms with Crippen molar-refractivity contribution in [1.82, 2.24) is 4.98 Å². The van der Waals surface area contributed by atoms with E-state index >= 15 is 0 Å². The van der Waals surface area contributed by atoms with Crippen LogP contribution in [0.25, 0.3) is 0 Å². The molecule has 2 aromatic rings. The first kappa shape index (κ1) is 14.1. The number of benzene rings is 1. The monoisotopic (exact) mass is 270 g/mol. The standard InChI is InChI=1S/C16H18N2O2/c1-16(2,3)20-13-9-7-12(8-10-13)18-15(19)14-6-4-5-11-17-14/h4-11H,1-3H3,(H,18,19). The van der Waals surface area contributed by atoms with Crippen molar-refractivity contribution >= 4 is 11.6 Å². The number of pyridine rings is 1. The Labute approximate surface area is 118 Å². The van der Waals surface area contributed by atoms with Gasteiger partial charge < -0.3 is 10.1 Å². The molecule has 0 aliphatic rings. The van der Waals surface area contributed by atoms with Crippen LogP contribution >= 0.6 is 0 Å². The first-order valence-electron chi connectivity index (χ1n) is 6.45. The number of hydrogen-bond donors (Lipinski definition) is 1. The summed E-state index contributed by atoms with van der Waals surface area (Å²) in [5.74, 6) is 0.545. The van der Waals surface area contributed by atoms with Crippen molar-refractivity contribution in [1.29, 1.82) is 0 Å². The van der Waals surface area contributed by atoms with E-state index in [1.807, 2.05) is 45.0 Å². The first-order valence-corrected chi connectivity index (χ1v) is 6.45. The van der Waals surface area contributed by atoms with E-state index in [0.29, 0.717) is 11.4 Å². The number of nitrogens with one attached hydrogen (secondary N) is 1. The highest BCUT2D eigenvalue weighted by Gasteiger charge is 2.12.